The fourth-order valence-corrected chi connectivity index (χ4v) is 3.70. The fourth-order valence-electron chi connectivity index (χ4n) is 1.79. The van der Waals surface area contributed by atoms with Gasteiger partial charge < -0.3 is 9.73 Å². The van der Waals surface area contributed by atoms with E-state index < -0.39 is 10.0 Å². The van der Waals surface area contributed by atoms with Gasteiger partial charge in [0.25, 0.3) is 0 Å². The number of hydrogen-bond acceptors (Lipinski definition) is 5. The first-order chi connectivity index (χ1) is 8.44. The van der Waals surface area contributed by atoms with Crippen LogP contribution in [0.1, 0.15) is 17.1 Å². The Morgan fingerprint density at radius 2 is 1.94 bits per heavy atom. The molecule has 0 saturated carbocycles. The van der Waals surface area contributed by atoms with Crippen LogP contribution in [0.5, 0.6) is 0 Å². The van der Waals surface area contributed by atoms with Crippen LogP contribution in [0, 0.1) is 13.8 Å². The minimum Gasteiger partial charge on any atom is -0.465 e. The maximum atomic E-state index is 12.2. The Bertz CT molecular complexity index is 495. The zero-order chi connectivity index (χ0) is 13.8. The molecule has 0 unspecified atom stereocenters. The van der Waals surface area contributed by atoms with Crippen LogP contribution < -0.4 is 10.0 Å². The Morgan fingerprint density at radius 1 is 1.28 bits per heavy atom. The first-order valence-corrected chi connectivity index (χ1v) is 8.53. The van der Waals surface area contributed by atoms with Crippen molar-refractivity contribution in [1.82, 2.24) is 10.0 Å². The van der Waals surface area contributed by atoms with Crippen molar-refractivity contribution in [1.29, 1.82) is 0 Å². The van der Waals surface area contributed by atoms with Gasteiger partial charge in [-0.3, -0.25) is 0 Å². The Labute approximate surface area is 113 Å². The lowest BCUT2D eigenvalue weighted by atomic mass is 10.2. The molecule has 0 bridgehead atoms. The van der Waals surface area contributed by atoms with Crippen molar-refractivity contribution in [2.24, 2.45) is 0 Å². The van der Waals surface area contributed by atoms with Gasteiger partial charge in [-0.15, -0.1) is 0 Å². The van der Waals surface area contributed by atoms with Gasteiger partial charge in [-0.2, -0.15) is 11.8 Å². The van der Waals surface area contributed by atoms with Crippen LogP contribution in [0.2, 0.25) is 0 Å². The molecule has 0 amide bonds. The molecular formula is C11H20N2O3S2. The summed E-state index contributed by atoms with van der Waals surface area (Å²) in [5.41, 5.74) is 0.701. The molecule has 0 aliphatic carbocycles. The van der Waals surface area contributed by atoms with Crippen LogP contribution in [-0.4, -0.2) is 34.0 Å². The molecule has 7 heteroatoms. The fraction of sp³-hybridized carbons (Fsp3) is 0.636. The molecule has 0 aliphatic rings. The van der Waals surface area contributed by atoms with E-state index in [0.29, 0.717) is 30.2 Å². The summed E-state index contributed by atoms with van der Waals surface area (Å²) in [5, 5.41) is 2.96. The summed E-state index contributed by atoms with van der Waals surface area (Å²) >= 11 is 1.60. The topological polar surface area (TPSA) is 71.3 Å². The molecule has 0 fully saturated rings. The van der Waals surface area contributed by atoms with Crippen molar-refractivity contribution < 1.29 is 12.8 Å². The Balaban J connectivity index is 3.07. The number of sulfonamides is 1. The molecule has 0 aliphatic heterocycles. The first kappa shape index (κ1) is 15.6. The summed E-state index contributed by atoms with van der Waals surface area (Å²) in [4.78, 5) is 0.274. The maximum absolute atomic E-state index is 12.2. The van der Waals surface area contributed by atoms with Crippen LogP contribution in [0.4, 0.5) is 0 Å². The average Bonchev–Trinajstić information content (AvgIpc) is 2.55. The van der Waals surface area contributed by atoms with Crippen LogP contribution in [0.25, 0.3) is 0 Å². The second kappa shape index (κ2) is 6.60. The Hall–Kier alpha value is -0.500. The second-order valence-corrected chi connectivity index (χ2v) is 6.63. The minimum absolute atomic E-state index is 0.274. The van der Waals surface area contributed by atoms with E-state index in [4.69, 9.17) is 4.42 Å². The van der Waals surface area contributed by atoms with E-state index in [0.717, 1.165) is 5.75 Å². The molecule has 1 heterocycles. The summed E-state index contributed by atoms with van der Waals surface area (Å²) < 4.78 is 32.5. The summed E-state index contributed by atoms with van der Waals surface area (Å²) in [6, 6.07) is 0. The van der Waals surface area contributed by atoms with Crippen molar-refractivity contribution in [2.75, 3.05) is 25.6 Å². The van der Waals surface area contributed by atoms with Gasteiger partial charge in [0.05, 0.1) is 0 Å². The Morgan fingerprint density at radius 3 is 2.50 bits per heavy atom. The van der Waals surface area contributed by atoms with Gasteiger partial charge in [0, 0.05) is 24.4 Å². The van der Waals surface area contributed by atoms with E-state index in [1.54, 1.807) is 32.7 Å². The van der Waals surface area contributed by atoms with Gasteiger partial charge in [-0.1, -0.05) is 0 Å². The highest BCUT2D eigenvalue weighted by Crippen LogP contribution is 2.26. The summed E-state index contributed by atoms with van der Waals surface area (Å²) in [6.07, 6.45) is 1.94. The highest BCUT2D eigenvalue weighted by Gasteiger charge is 2.25. The molecule has 5 nitrogen and oxygen atoms in total. The zero-order valence-electron chi connectivity index (χ0n) is 11.2. The molecule has 0 aromatic carbocycles. The molecule has 0 spiro atoms. The normalized spacial score (nSPS) is 12.0. The highest BCUT2D eigenvalue weighted by molar-refractivity contribution is 7.98. The number of hydrogen-bond donors (Lipinski definition) is 2. The average molecular weight is 292 g/mol. The Kier molecular flexibility index (Phi) is 5.71. The molecule has 0 radical (unpaired) electrons. The van der Waals surface area contributed by atoms with E-state index in [1.807, 2.05) is 6.26 Å². The van der Waals surface area contributed by atoms with Crippen LogP contribution in [0.15, 0.2) is 9.31 Å². The quantitative estimate of drug-likeness (QED) is 0.740. The standard InChI is InChI=1S/C11H20N2O3S2/c1-8-10(7-12-3)11(9(2)16-8)18(14,15)13-5-6-17-4/h12-13H,5-7H2,1-4H3. The molecule has 1 aromatic heterocycles. The van der Waals surface area contributed by atoms with E-state index in [-0.39, 0.29) is 4.90 Å². The third-order valence-corrected chi connectivity index (χ3v) is 4.81. The maximum Gasteiger partial charge on any atom is 0.244 e. The lowest BCUT2D eigenvalue weighted by molar-refractivity contribution is 0.493. The first-order valence-electron chi connectivity index (χ1n) is 5.66. The molecule has 1 rings (SSSR count). The smallest absolute Gasteiger partial charge is 0.244 e. The van der Waals surface area contributed by atoms with Gasteiger partial charge in [0.1, 0.15) is 16.4 Å². The number of rotatable bonds is 7. The van der Waals surface area contributed by atoms with Crippen LogP contribution in [-0.2, 0) is 16.6 Å². The van der Waals surface area contributed by atoms with Crippen molar-refractivity contribution in [3.63, 3.8) is 0 Å². The van der Waals surface area contributed by atoms with Crippen LogP contribution >= 0.6 is 11.8 Å². The third kappa shape index (κ3) is 3.50. The van der Waals surface area contributed by atoms with E-state index in [2.05, 4.69) is 10.0 Å². The van der Waals surface area contributed by atoms with Gasteiger partial charge in [-0.25, -0.2) is 13.1 Å². The monoisotopic (exact) mass is 292 g/mol. The minimum atomic E-state index is -3.49. The molecule has 2 N–H and O–H groups in total. The number of nitrogens with one attached hydrogen (secondary N) is 2. The van der Waals surface area contributed by atoms with Crippen molar-refractivity contribution >= 4 is 21.8 Å². The van der Waals surface area contributed by atoms with E-state index in [1.165, 1.54) is 0 Å². The summed E-state index contributed by atoms with van der Waals surface area (Å²) in [5.74, 6) is 1.83. The number of furan rings is 1. The molecule has 1 aromatic rings. The SMILES string of the molecule is CNCc1c(C)oc(C)c1S(=O)(=O)NCCSC. The van der Waals surface area contributed by atoms with Gasteiger partial charge in [0.15, 0.2) is 0 Å². The summed E-state index contributed by atoms with van der Waals surface area (Å²) in [6.45, 7) is 4.35. The predicted octanol–water partition coefficient (Wildman–Crippen LogP) is 1.26. The van der Waals surface area contributed by atoms with E-state index >= 15 is 0 Å². The van der Waals surface area contributed by atoms with Crippen molar-refractivity contribution in [3.8, 4) is 0 Å². The predicted molar refractivity (Wildman–Crippen MR) is 74.5 cm³/mol. The molecular weight excluding hydrogens is 272 g/mol. The van der Waals surface area contributed by atoms with Crippen molar-refractivity contribution in [3.05, 3.63) is 17.1 Å². The van der Waals surface area contributed by atoms with E-state index in [9.17, 15) is 8.42 Å². The summed E-state index contributed by atoms with van der Waals surface area (Å²) in [7, 11) is -1.72. The lowest BCUT2D eigenvalue weighted by Crippen LogP contribution is -2.27. The number of aryl methyl sites for hydroxylation is 2. The highest BCUT2D eigenvalue weighted by atomic mass is 32.2. The molecule has 0 saturated heterocycles. The molecule has 18 heavy (non-hydrogen) atoms. The van der Waals surface area contributed by atoms with Crippen molar-refractivity contribution in [2.45, 2.75) is 25.3 Å². The van der Waals surface area contributed by atoms with Gasteiger partial charge >= 0.3 is 0 Å². The van der Waals surface area contributed by atoms with Gasteiger partial charge in [0.2, 0.25) is 10.0 Å². The van der Waals surface area contributed by atoms with Crippen LogP contribution in [0.3, 0.4) is 0 Å². The molecule has 104 valence electrons. The lowest BCUT2D eigenvalue weighted by Gasteiger charge is -2.07. The third-order valence-electron chi connectivity index (χ3n) is 2.55. The largest absolute Gasteiger partial charge is 0.465 e. The number of thioether (sulfide) groups is 1. The molecule has 0 atom stereocenters. The second-order valence-electron chi connectivity index (χ2n) is 3.94. The zero-order valence-corrected chi connectivity index (χ0v) is 12.8. The van der Waals surface area contributed by atoms with Gasteiger partial charge in [-0.05, 0) is 27.2 Å².